The fraction of sp³-hybridized carbons (Fsp3) is 0.200. The molecule has 0 aliphatic carbocycles. The zero-order valence-corrected chi connectivity index (χ0v) is 11.9. The molecule has 4 nitrogen and oxygen atoms in total. The van der Waals surface area contributed by atoms with Gasteiger partial charge < -0.3 is 5.73 Å². The van der Waals surface area contributed by atoms with Gasteiger partial charge >= 0.3 is 0 Å². The molecule has 0 amide bonds. The van der Waals surface area contributed by atoms with E-state index in [-0.39, 0.29) is 5.69 Å². The first kappa shape index (κ1) is 13.5. The van der Waals surface area contributed by atoms with Gasteiger partial charge in [0.15, 0.2) is 11.5 Å². The van der Waals surface area contributed by atoms with E-state index < -0.39 is 11.6 Å². The average Bonchev–Trinajstić information content (AvgIpc) is 2.70. The van der Waals surface area contributed by atoms with E-state index in [2.05, 4.69) is 9.97 Å². The molecular weight excluding hydrogens is 274 g/mol. The molecule has 2 N–H and O–H groups in total. The van der Waals surface area contributed by atoms with Gasteiger partial charge in [0, 0.05) is 5.69 Å². The number of rotatable bonds is 1. The molecule has 1 aromatic carbocycles. The molecule has 0 atom stereocenters. The van der Waals surface area contributed by atoms with Gasteiger partial charge in [0.2, 0.25) is 0 Å². The van der Waals surface area contributed by atoms with Crippen LogP contribution in [-0.2, 0) is 0 Å². The lowest BCUT2D eigenvalue weighted by atomic mass is 10.2. The third-order valence-corrected chi connectivity index (χ3v) is 3.81. The molecule has 0 saturated heterocycles. The first-order chi connectivity index (χ1) is 9.93. The van der Waals surface area contributed by atoms with Crippen LogP contribution in [0.15, 0.2) is 18.5 Å². The summed E-state index contributed by atoms with van der Waals surface area (Å²) in [6.45, 7) is 5.20. The van der Waals surface area contributed by atoms with Crippen molar-refractivity contribution in [3.05, 3.63) is 46.9 Å². The minimum absolute atomic E-state index is 0.135. The largest absolute Gasteiger partial charge is 0.383 e. The first-order valence-electron chi connectivity index (χ1n) is 6.46. The summed E-state index contributed by atoms with van der Waals surface area (Å²) in [5.41, 5.74) is 8.00. The lowest BCUT2D eigenvalue weighted by Crippen LogP contribution is -2.06. The molecule has 0 radical (unpaired) electrons. The fourth-order valence-corrected chi connectivity index (χ4v) is 2.55. The molecule has 2 heterocycles. The maximum atomic E-state index is 14.4. The van der Waals surface area contributed by atoms with Crippen molar-refractivity contribution in [3.63, 3.8) is 0 Å². The van der Waals surface area contributed by atoms with Crippen LogP contribution in [-0.4, -0.2) is 14.5 Å². The second-order valence-corrected chi connectivity index (χ2v) is 5.03. The Hall–Kier alpha value is -2.50. The van der Waals surface area contributed by atoms with Gasteiger partial charge in [-0.15, -0.1) is 0 Å². The van der Waals surface area contributed by atoms with Crippen LogP contribution in [0.3, 0.4) is 0 Å². The van der Waals surface area contributed by atoms with Crippen LogP contribution >= 0.6 is 0 Å². The van der Waals surface area contributed by atoms with Gasteiger partial charge in [0.05, 0.1) is 5.39 Å². The zero-order chi connectivity index (χ0) is 15.3. The predicted octanol–water partition coefficient (Wildman–Crippen LogP) is 3.21. The summed E-state index contributed by atoms with van der Waals surface area (Å²) in [5, 5.41) is 0.621. The number of benzene rings is 1. The van der Waals surface area contributed by atoms with Crippen molar-refractivity contribution in [1.82, 2.24) is 14.5 Å². The number of anilines is 1. The minimum Gasteiger partial charge on any atom is -0.383 e. The van der Waals surface area contributed by atoms with Crippen molar-refractivity contribution in [2.24, 2.45) is 0 Å². The number of aryl methyl sites for hydroxylation is 2. The van der Waals surface area contributed by atoms with Gasteiger partial charge in [-0.2, -0.15) is 0 Å². The molecule has 0 bridgehead atoms. The van der Waals surface area contributed by atoms with Gasteiger partial charge in [-0.05, 0) is 38.0 Å². The van der Waals surface area contributed by atoms with Crippen LogP contribution < -0.4 is 5.73 Å². The Bertz CT molecular complexity index is 868. The molecular formula is C15H14F2N4. The number of nitrogens with two attached hydrogens (primary N) is 1. The number of nitrogens with zero attached hydrogens (tertiary/aromatic N) is 3. The summed E-state index contributed by atoms with van der Waals surface area (Å²) >= 11 is 0. The van der Waals surface area contributed by atoms with Crippen LogP contribution in [0, 0.1) is 32.4 Å². The summed E-state index contributed by atoms with van der Waals surface area (Å²) in [5.74, 6) is -0.949. The minimum atomic E-state index is -0.643. The number of fused-ring (bicyclic) bond motifs is 1. The molecule has 2 aromatic heterocycles. The smallest absolute Gasteiger partial charge is 0.153 e. The topological polar surface area (TPSA) is 56.7 Å². The molecule has 0 aliphatic heterocycles. The van der Waals surface area contributed by atoms with Crippen LogP contribution in [0.25, 0.3) is 16.7 Å². The lowest BCUT2D eigenvalue weighted by Gasteiger charge is -2.12. The standard InChI is InChI=1S/C15H14F2N4/c1-7-4-5-10(16)13(12(7)17)21-9(3)8(2)11-14(18)19-6-20-15(11)21/h4-6H,1-3H3,(H2,18,19,20). The average molecular weight is 288 g/mol. The molecule has 3 aromatic rings. The van der Waals surface area contributed by atoms with E-state index in [4.69, 9.17) is 5.73 Å². The van der Waals surface area contributed by atoms with Crippen molar-refractivity contribution >= 4 is 16.9 Å². The molecule has 0 saturated carbocycles. The summed E-state index contributed by atoms with van der Waals surface area (Å²) in [6, 6.07) is 2.66. The second-order valence-electron chi connectivity index (χ2n) is 5.03. The lowest BCUT2D eigenvalue weighted by molar-refractivity contribution is 0.563. The molecule has 0 aliphatic rings. The van der Waals surface area contributed by atoms with Crippen molar-refractivity contribution in [2.75, 3.05) is 5.73 Å². The van der Waals surface area contributed by atoms with Gasteiger partial charge in [0.1, 0.15) is 23.6 Å². The Labute approximate surface area is 120 Å². The van der Waals surface area contributed by atoms with Crippen LogP contribution in [0.2, 0.25) is 0 Å². The van der Waals surface area contributed by atoms with Crippen molar-refractivity contribution < 1.29 is 8.78 Å². The van der Waals surface area contributed by atoms with E-state index in [1.807, 2.05) is 6.92 Å². The van der Waals surface area contributed by atoms with Crippen molar-refractivity contribution in [1.29, 1.82) is 0 Å². The first-order valence-corrected chi connectivity index (χ1v) is 6.46. The predicted molar refractivity (Wildman–Crippen MR) is 77.4 cm³/mol. The number of hydrogen-bond donors (Lipinski definition) is 1. The Morgan fingerprint density at radius 3 is 2.52 bits per heavy atom. The normalized spacial score (nSPS) is 11.3. The Morgan fingerprint density at radius 2 is 1.81 bits per heavy atom. The van der Waals surface area contributed by atoms with Crippen LogP contribution in [0.1, 0.15) is 16.8 Å². The number of nitrogen functional groups attached to an aromatic ring is 1. The molecule has 0 spiro atoms. The molecule has 108 valence electrons. The second kappa shape index (κ2) is 4.51. The quantitative estimate of drug-likeness (QED) is 0.748. The Morgan fingerprint density at radius 1 is 1.10 bits per heavy atom. The van der Waals surface area contributed by atoms with E-state index >= 15 is 0 Å². The highest BCUT2D eigenvalue weighted by molar-refractivity contribution is 5.92. The summed E-state index contributed by atoms with van der Waals surface area (Å²) in [7, 11) is 0. The molecule has 0 fully saturated rings. The summed E-state index contributed by atoms with van der Waals surface area (Å²) in [6.07, 6.45) is 1.29. The number of halogens is 2. The highest BCUT2D eigenvalue weighted by Gasteiger charge is 2.21. The highest BCUT2D eigenvalue weighted by Crippen LogP contribution is 2.32. The molecule has 21 heavy (non-hydrogen) atoms. The van der Waals surface area contributed by atoms with E-state index in [9.17, 15) is 8.78 Å². The van der Waals surface area contributed by atoms with Crippen LogP contribution in [0.4, 0.5) is 14.6 Å². The van der Waals surface area contributed by atoms with Gasteiger partial charge in [0.25, 0.3) is 0 Å². The maximum absolute atomic E-state index is 14.4. The third kappa shape index (κ3) is 1.79. The SMILES string of the molecule is Cc1ccc(F)c(-n2c(C)c(C)c3c(N)ncnc32)c1F. The molecule has 6 heteroatoms. The number of hydrogen-bond acceptors (Lipinski definition) is 3. The van der Waals surface area contributed by atoms with Crippen molar-refractivity contribution in [2.45, 2.75) is 20.8 Å². The van der Waals surface area contributed by atoms with E-state index in [0.29, 0.717) is 28.1 Å². The fourth-order valence-electron chi connectivity index (χ4n) is 2.55. The van der Waals surface area contributed by atoms with Gasteiger partial charge in [-0.1, -0.05) is 6.07 Å². The Kier molecular flexibility index (Phi) is 2.90. The van der Waals surface area contributed by atoms with E-state index in [1.54, 1.807) is 13.8 Å². The summed E-state index contributed by atoms with van der Waals surface area (Å²) < 4.78 is 30.1. The zero-order valence-electron chi connectivity index (χ0n) is 11.9. The number of aromatic nitrogens is 3. The Balaban J connectivity index is 2.51. The maximum Gasteiger partial charge on any atom is 0.153 e. The van der Waals surface area contributed by atoms with E-state index in [1.165, 1.54) is 23.0 Å². The summed E-state index contributed by atoms with van der Waals surface area (Å²) in [4.78, 5) is 8.09. The highest BCUT2D eigenvalue weighted by atomic mass is 19.1. The van der Waals surface area contributed by atoms with E-state index in [0.717, 1.165) is 5.56 Å². The molecule has 3 rings (SSSR count). The van der Waals surface area contributed by atoms with Gasteiger partial charge in [-0.25, -0.2) is 18.7 Å². The van der Waals surface area contributed by atoms with Crippen LogP contribution in [0.5, 0.6) is 0 Å². The monoisotopic (exact) mass is 288 g/mol. The van der Waals surface area contributed by atoms with Crippen molar-refractivity contribution in [3.8, 4) is 5.69 Å². The third-order valence-electron chi connectivity index (χ3n) is 3.81. The van der Waals surface area contributed by atoms with Gasteiger partial charge in [-0.3, -0.25) is 4.57 Å². The molecule has 0 unspecified atom stereocenters.